The van der Waals surface area contributed by atoms with Gasteiger partial charge in [-0.05, 0) is 36.4 Å². The van der Waals surface area contributed by atoms with Gasteiger partial charge in [0, 0.05) is 22.3 Å². The predicted molar refractivity (Wildman–Crippen MR) is 110 cm³/mol. The molecule has 3 aromatic rings. The first kappa shape index (κ1) is 20.8. The Kier molecular flexibility index (Phi) is 6.25. The molecule has 0 aliphatic rings. The summed E-state index contributed by atoms with van der Waals surface area (Å²) in [5.74, 6) is -1.19. The molecule has 3 rings (SSSR count). The number of carbonyl (C=O) groups excluding carboxylic acids is 2. The number of benzene rings is 2. The number of nitriles is 1. The van der Waals surface area contributed by atoms with E-state index in [1.165, 1.54) is 31.4 Å². The Morgan fingerprint density at radius 1 is 1.17 bits per heavy atom. The zero-order valence-corrected chi connectivity index (χ0v) is 16.5. The zero-order valence-electron chi connectivity index (χ0n) is 15.8. The van der Waals surface area contributed by atoms with Gasteiger partial charge in [0.15, 0.2) is 0 Å². The van der Waals surface area contributed by atoms with Gasteiger partial charge in [-0.2, -0.15) is 10.4 Å². The van der Waals surface area contributed by atoms with E-state index in [4.69, 9.17) is 16.9 Å². The molecule has 0 aliphatic heterocycles. The third kappa shape index (κ3) is 4.90. The molecule has 150 valence electrons. The highest BCUT2D eigenvalue weighted by Gasteiger charge is 2.12. The molecular formula is C21H15ClN4O4. The quantitative estimate of drug-likeness (QED) is 0.632. The fraction of sp³-hybridized carbons (Fsp3) is 0.0952. The second kappa shape index (κ2) is 9.03. The first-order valence-corrected chi connectivity index (χ1v) is 9.05. The summed E-state index contributed by atoms with van der Waals surface area (Å²) in [6.07, 6.45) is 0. The number of hydrogen-bond acceptors (Lipinski definition) is 6. The van der Waals surface area contributed by atoms with Crippen LogP contribution in [0.5, 0.6) is 0 Å². The molecule has 0 atom stereocenters. The third-order valence-corrected chi connectivity index (χ3v) is 4.32. The molecule has 0 fully saturated rings. The number of nitrogens with zero attached hydrogens (tertiary/aromatic N) is 3. The number of ether oxygens (including phenoxy) is 1. The Hall–Kier alpha value is -3.96. The summed E-state index contributed by atoms with van der Waals surface area (Å²) in [7, 11) is 1.21. The van der Waals surface area contributed by atoms with Gasteiger partial charge in [-0.25, -0.2) is 9.48 Å². The van der Waals surface area contributed by atoms with Crippen molar-refractivity contribution in [3.8, 4) is 17.3 Å². The number of methoxy groups -OCH3 is 1. The summed E-state index contributed by atoms with van der Waals surface area (Å²) < 4.78 is 5.67. The average Bonchev–Trinajstić information content (AvgIpc) is 2.75. The maximum absolute atomic E-state index is 12.4. The van der Waals surface area contributed by atoms with Crippen molar-refractivity contribution < 1.29 is 14.3 Å². The molecule has 1 N–H and O–H groups in total. The molecular weight excluding hydrogens is 408 g/mol. The minimum atomic E-state index is -0.642. The monoisotopic (exact) mass is 422 g/mol. The number of amides is 1. The molecule has 0 bridgehead atoms. The SMILES string of the molecule is COC(=O)c1cc(C#N)cc(NC(=O)Cn2nc(-c3ccc(Cl)cc3)ccc2=O)c1. The number of rotatable bonds is 5. The van der Waals surface area contributed by atoms with Gasteiger partial charge in [-0.15, -0.1) is 0 Å². The van der Waals surface area contributed by atoms with Crippen LogP contribution in [0.25, 0.3) is 11.3 Å². The van der Waals surface area contributed by atoms with Crippen LogP contribution in [0, 0.1) is 11.3 Å². The summed E-state index contributed by atoms with van der Waals surface area (Å²) in [5.41, 5.74) is 1.29. The van der Waals surface area contributed by atoms with Crippen molar-refractivity contribution in [2.24, 2.45) is 0 Å². The molecule has 0 saturated heterocycles. The second-order valence-corrected chi connectivity index (χ2v) is 6.61. The molecule has 0 spiro atoms. The van der Waals surface area contributed by atoms with Crippen LogP contribution in [-0.4, -0.2) is 28.8 Å². The highest BCUT2D eigenvalue weighted by Crippen LogP contribution is 2.19. The van der Waals surface area contributed by atoms with E-state index in [0.717, 1.165) is 10.2 Å². The largest absolute Gasteiger partial charge is 0.465 e. The van der Waals surface area contributed by atoms with Crippen molar-refractivity contribution in [1.29, 1.82) is 5.26 Å². The fourth-order valence-electron chi connectivity index (χ4n) is 2.67. The lowest BCUT2D eigenvalue weighted by molar-refractivity contribution is -0.117. The van der Waals surface area contributed by atoms with Crippen LogP contribution in [0.15, 0.2) is 59.4 Å². The van der Waals surface area contributed by atoms with E-state index in [2.05, 4.69) is 15.2 Å². The lowest BCUT2D eigenvalue weighted by atomic mass is 10.1. The van der Waals surface area contributed by atoms with Gasteiger partial charge in [0.25, 0.3) is 5.56 Å². The lowest BCUT2D eigenvalue weighted by Crippen LogP contribution is -2.29. The summed E-state index contributed by atoms with van der Waals surface area (Å²) >= 11 is 5.89. The van der Waals surface area contributed by atoms with Crippen molar-refractivity contribution in [1.82, 2.24) is 9.78 Å². The van der Waals surface area contributed by atoms with E-state index in [-0.39, 0.29) is 23.4 Å². The highest BCUT2D eigenvalue weighted by molar-refractivity contribution is 6.30. The van der Waals surface area contributed by atoms with Gasteiger partial charge in [-0.3, -0.25) is 9.59 Å². The first-order chi connectivity index (χ1) is 14.4. The highest BCUT2D eigenvalue weighted by atomic mass is 35.5. The third-order valence-electron chi connectivity index (χ3n) is 4.07. The Morgan fingerprint density at radius 2 is 1.90 bits per heavy atom. The second-order valence-electron chi connectivity index (χ2n) is 6.17. The van der Waals surface area contributed by atoms with Crippen LogP contribution >= 0.6 is 11.6 Å². The van der Waals surface area contributed by atoms with Crippen LogP contribution in [0.1, 0.15) is 15.9 Å². The molecule has 0 saturated carbocycles. The summed E-state index contributed by atoms with van der Waals surface area (Å²) in [6.45, 7) is -0.357. The van der Waals surface area contributed by atoms with Crippen molar-refractivity contribution in [3.63, 3.8) is 0 Å². The molecule has 30 heavy (non-hydrogen) atoms. The van der Waals surface area contributed by atoms with Gasteiger partial charge in [0.2, 0.25) is 5.91 Å². The van der Waals surface area contributed by atoms with Gasteiger partial charge in [-0.1, -0.05) is 23.7 Å². The molecule has 1 heterocycles. The van der Waals surface area contributed by atoms with E-state index >= 15 is 0 Å². The Balaban J connectivity index is 1.82. The molecule has 0 aliphatic carbocycles. The molecule has 1 amide bonds. The normalized spacial score (nSPS) is 10.2. The van der Waals surface area contributed by atoms with E-state index in [0.29, 0.717) is 10.7 Å². The molecule has 8 nitrogen and oxygen atoms in total. The summed E-state index contributed by atoms with van der Waals surface area (Å²) in [6, 6.07) is 15.8. The number of halogens is 1. The maximum atomic E-state index is 12.4. The van der Waals surface area contributed by atoms with E-state index in [1.807, 2.05) is 6.07 Å². The number of anilines is 1. The number of carbonyl (C=O) groups is 2. The van der Waals surface area contributed by atoms with E-state index in [1.54, 1.807) is 30.3 Å². The molecule has 9 heteroatoms. The van der Waals surface area contributed by atoms with Gasteiger partial charge < -0.3 is 10.1 Å². The fourth-order valence-corrected chi connectivity index (χ4v) is 2.80. The summed E-state index contributed by atoms with van der Waals surface area (Å²) in [4.78, 5) is 36.3. The smallest absolute Gasteiger partial charge is 0.337 e. The average molecular weight is 423 g/mol. The minimum Gasteiger partial charge on any atom is -0.465 e. The van der Waals surface area contributed by atoms with Crippen LogP contribution in [0.2, 0.25) is 5.02 Å². The standard InChI is InChI=1S/C21H15ClN4O4/c1-30-21(29)15-8-13(11-23)9-17(10-15)24-19(27)12-26-20(28)7-6-18(25-26)14-2-4-16(22)5-3-14/h2-10H,12H2,1H3,(H,24,27). The molecule has 0 unspecified atom stereocenters. The first-order valence-electron chi connectivity index (χ1n) is 8.67. The number of esters is 1. The molecule has 0 radical (unpaired) electrons. The van der Waals surface area contributed by atoms with Gasteiger partial charge in [0.05, 0.1) is 30.0 Å². The summed E-state index contributed by atoms with van der Waals surface area (Å²) in [5, 5.41) is 16.5. The van der Waals surface area contributed by atoms with Crippen molar-refractivity contribution >= 4 is 29.2 Å². The van der Waals surface area contributed by atoms with Crippen molar-refractivity contribution in [2.75, 3.05) is 12.4 Å². The number of nitrogens with one attached hydrogen (secondary N) is 1. The van der Waals surface area contributed by atoms with Gasteiger partial charge in [0.1, 0.15) is 6.54 Å². The van der Waals surface area contributed by atoms with Crippen LogP contribution in [0.3, 0.4) is 0 Å². The Labute approximate surface area is 176 Å². The predicted octanol–water partition coefficient (Wildman–Crippen LogP) is 2.86. The number of hydrogen-bond donors (Lipinski definition) is 1. The lowest BCUT2D eigenvalue weighted by Gasteiger charge is -2.10. The Bertz CT molecular complexity index is 1210. The number of aromatic nitrogens is 2. The molecule has 1 aromatic heterocycles. The van der Waals surface area contributed by atoms with E-state index in [9.17, 15) is 14.4 Å². The minimum absolute atomic E-state index is 0.117. The maximum Gasteiger partial charge on any atom is 0.337 e. The van der Waals surface area contributed by atoms with E-state index < -0.39 is 17.4 Å². The Morgan fingerprint density at radius 3 is 2.57 bits per heavy atom. The van der Waals surface area contributed by atoms with Gasteiger partial charge >= 0.3 is 5.97 Å². The zero-order chi connectivity index (χ0) is 21.7. The van der Waals surface area contributed by atoms with Crippen LogP contribution in [0.4, 0.5) is 5.69 Å². The van der Waals surface area contributed by atoms with Crippen molar-refractivity contribution in [3.05, 3.63) is 81.1 Å². The van der Waals surface area contributed by atoms with Crippen LogP contribution < -0.4 is 10.9 Å². The molecule has 2 aromatic carbocycles. The topological polar surface area (TPSA) is 114 Å². The van der Waals surface area contributed by atoms with Crippen LogP contribution in [-0.2, 0) is 16.1 Å². The van der Waals surface area contributed by atoms with Crippen molar-refractivity contribution in [2.45, 2.75) is 6.54 Å².